The van der Waals surface area contributed by atoms with Gasteiger partial charge in [-0.1, -0.05) is 15.9 Å². The molecule has 3 nitrogen and oxygen atoms in total. The van der Waals surface area contributed by atoms with E-state index in [2.05, 4.69) is 21.2 Å². The fourth-order valence-corrected chi connectivity index (χ4v) is 0.408. The van der Waals surface area contributed by atoms with Gasteiger partial charge in [0.05, 0.1) is 4.32 Å². The topological polar surface area (TPSA) is 46.2 Å². The maximum atomic E-state index is 10.9. The predicted octanol–water partition coefficient (Wildman–Crippen LogP) is 0.823. The lowest BCUT2D eigenvalue weighted by Gasteiger charge is -2.13. The molecule has 0 heterocycles. The Labute approximate surface area is 68.3 Å². The van der Waals surface area contributed by atoms with Crippen molar-refractivity contribution in [3.05, 3.63) is 0 Å². The van der Waals surface area contributed by atoms with Crippen LogP contribution in [0, 0.1) is 0 Å². The average Bonchev–Trinajstić information content (AvgIpc) is 1.60. The lowest BCUT2D eigenvalue weighted by atomic mass is 10.2. The summed E-state index contributed by atoms with van der Waals surface area (Å²) in [6.07, 6.45) is 0. The molecule has 0 aromatic rings. The maximum absolute atomic E-state index is 10.9. The van der Waals surface area contributed by atoms with Crippen LogP contribution in [-0.2, 0) is 9.59 Å². The molecule has 1 N–H and O–H groups in total. The molecule has 0 saturated carbocycles. The van der Waals surface area contributed by atoms with E-state index in [1.54, 1.807) is 13.8 Å². The van der Waals surface area contributed by atoms with Crippen molar-refractivity contribution in [2.45, 2.75) is 25.1 Å². The van der Waals surface area contributed by atoms with Crippen molar-refractivity contribution in [3.63, 3.8) is 0 Å². The smallest absolute Gasteiger partial charge is 0.242 e. The highest BCUT2D eigenvalue weighted by Crippen LogP contribution is 2.14. The van der Waals surface area contributed by atoms with E-state index in [0.29, 0.717) is 0 Å². The van der Waals surface area contributed by atoms with Crippen LogP contribution in [0.3, 0.4) is 0 Å². The molecule has 0 bridgehead atoms. The third kappa shape index (κ3) is 3.61. The SMILES string of the molecule is CC(=O)NC(=O)C(C)(C)Br. The Morgan fingerprint density at radius 2 is 1.80 bits per heavy atom. The van der Waals surface area contributed by atoms with Crippen molar-refractivity contribution in [1.82, 2.24) is 5.32 Å². The Hall–Kier alpha value is -0.380. The Balaban J connectivity index is 3.99. The number of hydrogen-bond acceptors (Lipinski definition) is 2. The summed E-state index contributed by atoms with van der Waals surface area (Å²) in [5.74, 6) is -0.655. The first-order valence-corrected chi connectivity index (χ1v) is 3.64. The molecule has 0 aromatic carbocycles. The van der Waals surface area contributed by atoms with E-state index in [1.165, 1.54) is 6.92 Å². The van der Waals surface area contributed by atoms with Gasteiger partial charge in [-0.2, -0.15) is 0 Å². The number of carbonyl (C=O) groups is 2. The van der Waals surface area contributed by atoms with Crippen molar-refractivity contribution in [2.75, 3.05) is 0 Å². The van der Waals surface area contributed by atoms with Gasteiger partial charge in [-0.3, -0.25) is 14.9 Å². The molecule has 0 saturated heterocycles. The van der Waals surface area contributed by atoms with Gasteiger partial charge in [0.1, 0.15) is 0 Å². The van der Waals surface area contributed by atoms with Gasteiger partial charge in [-0.25, -0.2) is 0 Å². The van der Waals surface area contributed by atoms with Crippen molar-refractivity contribution < 1.29 is 9.59 Å². The Morgan fingerprint density at radius 3 is 1.90 bits per heavy atom. The van der Waals surface area contributed by atoms with Crippen LogP contribution in [0.4, 0.5) is 0 Å². The van der Waals surface area contributed by atoms with Crippen molar-refractivity contribution in [1.29, 1.82) is 0 Å². The van der Waals surface area contributed by atoms with Gasteiger partial charge >= 0.3 is 0 Å². The van der Waals surface area contributed by atoms with E-state index in [4.69, 9.17) is 0 Å². The van der Waals surface area contributed by atoms with Crippen molar-refractivity contribution in [2.24, 2.45) is 0 Å². The summed E-state index contributed by atoms with van der Waals surface area (Å²) < 4.78 is -0.668. The average molecular weight is 208 g/mol. The molecule has 10 heavy (non-hydrogen) atoms. The Kier molecular flexibility index (Phi) is 3.02. The number of nitrogens with one attached hydrogen (secondary N) is 1. The predicted molar refractivity (Wildman–Crippen MR) is 41.8 cm³/mol. The second-order valence-corrected chi connectivity index (χ2v) is 4.47. The van der Waals surface area contributed by atoms with Crippen LogP contribution in [0.25, 0.3) is 0 Å². The highest BCUT2D eigenvalue weighted by Gasteiger charge is 2.23. The number of hydrogen-bond donors (Lipinski definition) is 1. The minimum Gasteiger partial charge on any atom is -0.295 e. The lowest BCUT2D eigenvalue weighted by Crippen LogP contribution is -2.39. The number of carbonyl (C=O) groups excluding carboxylic acids is 2. The van der Waals surface area contributed by atoms with Crippen molar-refractivity contribution >= 4 is 27.7 Å². The first kappa shape index (κ1) is 9.62. The summed E-state index contributed by atoms with van der Waals surface area (Å²) >= 11 is 3.11. The minimum atomic E-state index is -0.668. The van der Waals surface area contributed by atoms with Gasteiger partial charge in [0.25, 0.3) is 0 Å². The van der Waals surface area contributed by atoms with Crippen LogP contribution < -0.4 is 5.32 Å². The first-order chi connectivity index (χ1) is 4.34. The molecule has 58 valence electrons. The van der Waals surface area contributed by atoms with Gasteiger partial charge in [-0.05, 0) is 13.8 Å². The maximum Gasteiger partial charge on any atom is 0.242 e. The summed E-state index contributed by atoms with van der Waals surface area (Å²) in [7, 11) is 0. The number of imide groups is 1. The fraction of sp³-hybridized carbons (Fsp3) is 0.667. The number of rotatable bonds is 1. The molecule has 0 aliphatic carbocycles. The second-order valence-electron chi connectivity index (χ2n) is 2.48. The molecule has 0 spiro atoms. The highest BCUT2D eigenvalue weighted by atomic mass is 79.9. The number of alkyl halides is 1. The van der Waals surface area contributed by atoms with Crippen LogP contribution in [0.2, 0.25) is 0 Å². The van der Waals surface area contributed by atoms with E-state index < -0.39 is 4.32 Å². The normalized spacial score (nSPS) is 10.8. The lowest BCUT2D eigenvalue weighted by molar-refractivity contribution is -0.130. The zero-order valence-corrected chi connectivity index (χ0v) is 7.78. The summed E-state index contributed by atoms with van der Waals surface area (Å²) in [5, 5.41) is 2.16. The molecule has 0 radical (unpaired) electrons. The zero-order valence-electron chi connectivity index (χ0n) is 6.19. The van der Waals surface area contributed by atoms with E-state index >= 15 is 0 Å². The summed E-state index contributed by atoms with van der Waals surface area (Å²) in [6, 6.07) is 0. The van der Waals surface area contributed by atoms with Gasteiger partial charge in [0, 0.05) is 6.92 Å². The first-order valence-electron chi connectivity index (χ1n) is 2.85. The van der Waals surface area contributed by atoms with Gasteiger partial charge in [-0.15, -0.1) is 0 Å². The molecule has 0 fully saturated rings. The molecule has 0 atom stereocenters. The summed E-state index contributed by atoms with van der Waals surface area (Å²) in [4.78, 5) is 21.2. The van der Waals surface area contributed by atoms with E-state index in [1.807, 2.05) is 0 Å². The highest BCUT2D eigenvalue weighted by molar-refractivity contribution is 9.10. The summed E-state index contributed by atoms with van der Waals surface area (Å²) in [5.41, 5.74) is 0. The fourth-order valence-electron chi connectivity index (χ4n) is 0.309. The molecular formula is C6H10BrNO2. The van der Waals surface area contributed by atoms with Gasteiger partial charge < -0.3 is 0 Å². The molecule has 0 aliphatic rings. The largest absolute Gasteiger partial charge is 0.295 e. The molecule has 0 aromatic heterocycles. The zero-order chi connectivity index (χ0) is 8.36. The monoisotopic (exact) mass is 207 g/mol. The minimum absolute atomic E-state index is 0.319. The van der Waals surface area contributed by atoms with Crippen LogP contribution in [0.5, 0.6) is 0 Å². The van der Waals surface area contributed by atoms with E-state index in [9.17, 15) is 9.59 Å². The van der Waals surface area contributed by atoms with E-state index in [0.717, 1.165) is 0 Å². The van der Waals surface area contributed by atoms with Gasteiger partial charge in [0.2, 0.25) is 11.8 Å². The van der Waals surface area contributed by atoms with Crippen molar-refractivity contribution in [3.8, 4) is 0 Å². The van der Waals surface area contributed by atoms with Crippen LogP contribution in [0.1, 0.15) is 20.8 Å². The molecule has 0 aliphatic heterocycles. The van der Waals surface area contributed by atoms with Crippen LogP contribution in [0.15, 0.2) is 0 Å². The summed E-state index contributed by atoms with van der Waals surface area (Å²) in [6.45, 7) is 4.65. The molecular weight excluding hydrogens is 198 g/mol. The second kappa shape index (κ2) is 3.14. The Bertz CT molecular complexity index is 160. The molecule has 2 amide bonds. The van der Waals surface area contributed by atoms with Gasteiger partial charge in [0.15, 0.2) is 0 Å². The number of halogens is 1. The third-order valence-electron chi connectivity index (χ3n) is 0.830. The quantitative estimate of drug-likeness (QED) is 0.648. The molecule has 0 rings (SSSR count). The molecule has 0 unspecified atom stereocenters. The Morgan fingerprint density at radius 1 is 1.40 bits per heavy atom. The number of amides is 2. The third-order valence-corrected chi connectivity index (χ3v) is 1.19. The molecule has 4 heteroatoms. The van der Waals surface area contributed by atoms with Crippen LogP contribution in [-0.4, -0.2) is 16.1 Å². The van der Waals surface area contributed by atoms with E-state index in [-0.39, 0.29) is 11.8 Å². The standard InChI is InChI=1S/C6H10BrNO2/c1-4(9)8-5(10)6(2,3)7/h1-3H3,(H,8,9,10). The van der Waals surface area contributed by atoms with Crippen LogP contribution >= 0.6 is 15.9 Å².